The number of hydrogen-bond acceptors (Lipinski definition) is 0. The minimum atomic E-state index is -2.92. The Labute approximate surface area is 343 Å². The molecule has 2 aliphatic rings. The van der Waals surface area contributed by atoms with Crippen LogP contribution in [0, 0.1) is 5.92 Å². The normalized spacial score (nSPS) is 15.9. The van der Waals surface area contributed by atoms with E-state index in [9.17, 15) is 0 Å². The van der Waals surface area contributed by atoms with Crippen molar-refractivity contribution in [3.05, 3.63) is 150 Å². The zero-order valence-electron chi connectivity index (χ0n) is 35.1. The maximum absolute atomic E-state index is 2.92. The first kappa shape index (κ1) is 43.4. The molecule has 0 bridgehead atoms. The van der Waals surface area contributed by atoms with E-state index in [1.54, 1.807) is 23.2 Å². The van der Waals surface area contributed by atoms with Gasteiger partial charge in [0.15, 0.2) is 0 Å². The molecule has 0 heterocycles. The summed E-state index contributed by atoms with van der Waals surface area (Å²) in [4.78, 5) is 0. The molecule has 0 spiro atoms. The molecule has 0 saturated heterocycles. The third-order valence-corrected chi connectivity index (χ3v) is 20.8. The van der Waals surface area contributed by atoms with Crippen molar-refractivity contribution in [1.82, 2.24) is 0 Å². The summed E-state index contributed by atoms with van der Waals surface area (Å²) in [5, 5.41) is 0. The van der Waals surface area contributed by atoms with Crippen molar-refractivity contribution in [3.8, 4) is 11.1 Å². The van der Waals surface area contributed by atoms with Gasteiger partial charge in [0.2, 0.25) is 0 Å². The van der Waals surface area contributed by atoms with Gasteiger partial charge in [-0.15, -0.1) is 0 Å². The van der Waals surface area contributed by atoms with E-state index in [1.807, 2.05) is 0 Å². The van der Waals surface area contributed by atoms with Gasteiger partial charge in [-0.3, -0.25) is 0 Å². The van der Waals surface area contributed by atoms with Gasteiger partial charge in [-0.05, 0) is 0 Å². The van der Waals surface area contributed by atoms with Crippen LogP contribution < -0.4 is 24.8 Å². The third kappa shape index (κ3) is 8.44. The van der Waals surface area contributed by atoms with Gasteiger partial charge >= 0.3 is 321 Å². The van der Waals surface area contributed by atoms with Gasteiger partial charge in [-0.1, -0.05) is 0 Å². The van der Waals surface area contributed by atoms with Crippen molar-refractivity contribution in [2.24, 2.45) is 5.92 Å². The van der Waals surface area contributed by atoms with Gasteiger partial charge in [0.05, 0.1) is 0 Å². The summed E-state index contributed by atoms with van der Waals surface area (Å²) in [6.45, 7) is 35.3. The van der Waals surface area contributed by atoms with Crippen LogP contribution in [-0.2, 0) is 42.9 Å². The number of fused-ring (bicyclic) bond motifs is 3. The predicted molar refractivity (Wildman–Crippen MR) is 220 cm³/mol. The van der Waals surface area contributed by atoms with E-state index in [4.69, 9.17) is 0 Å². The first-order chi connectivity index (χ1) is 23.6. The molecule has 0 saturated carbocycles. The largest absolute Gasteiger partial charge is 1.00 e. The van der Waals surface area contributed by atoms with E-state index < -0.39 is 21.3 Å². The van der Waals surface area contributed by atoms with Crippen LogP contribution in [0.5, 0.6) is 0 Å². The van der Waals surface area contributed by atoms with Crippen LogP contribution in [0.25, 0.3) is 11.1 Å². The molecular weight excluding hydrogens is 763 g/mol. The second-order valence-electron chi connectivity index (χ2n) is 19.7. The molecule has 0 aliphatic heterocycles. The first-order valence-electron chi connectivity index (χ1n) is 19.2. The molecule has 4 aromatic rings. The van der Waals surface area contributed by atoms with Crippen LogP contribution in [-0.4, -0.2) is 3.21 Å². The monoisotopic (exact) mass is 822 g/mol. The second kappa shape index (κ2) is 15.3. The van der Waals surface area contributed by atoms with Gasteiger partial charge in [-0.25, -0.2) is 0 Å². The Kier molecular flexibility index (Phi) is 12.6. The smallest absolute Gasteiger partial charge is 1.00 e. The van der Waals surface area contributed by atoms with Crippen LogP contribution in [0.2, 0.25) is 0 Å². The van der Waals surface area contributed by atoms with Gasteiger partial charge in [0.1, 0.15) is 0 Å². The zero-order chi connectivity index (χ0) is 37.4. The van der Waals surface area contributed by atoms with E-state index in [2.05, 4.69) is 195 Å². The van der Waals surface area contributed by atoms with Crippen LogP contribution in [0.3, 0.4) is 0 Å². The summed E-state index contributed by atoms with van der Waals surface area (Å²) in [6, 6.07) is 34.6. The van der Waals surface area contributed by atoms with Crippen molar-refractivity contribution in [2.45, 2.75) is 129 Å². The van der Waals surface area contributed by atoms with E-state index >= 15 is 0 Å². The number of allylic oxidation sites excluding steroid dienone is 4. The SMILES string of the molecule is CC1=CC(C)[C]([Zr+2](=[C](c2ccc(C(C)(C)C)cc2)c2ccc(C(C)(C)C)cc2)[CH]2c3ccc(C(C)(C)C)cc3-c3cc(C(C)(C)C)ccc32)=C1C.[Cl-].[Cl-]. The summed E-state index contributed by atoms with van der Waals surface area (Å²) in [5.41, 5.74) is 17.8. The molecule has 53 heavy (non-hydrogen) atoms. The predicted octanol–water partition coefficient (Wildman–Crippen LogP) is 7.71. The minimum absolute atomic E-state index is 0. The van der Waals surface area contributed by atoms with Crippen LogP contribution in [0.15, 0.2) is 105 Å². The Balaban J connectivity index is 0.00000314. The van der Waals surface area contributed by atoms with Crippen molar-refractivity contribution in [3.63, 3.8) is 0 Å². The van der Waals surface area contributed by atoms with Gasteiger partial charge < -0.3 is 24.8 Å². The molecule has 0 fully saturated rings. The maximum Gasteiger partial charge on any atom is -1.00 e. The van der Waals surface area contributed by atoms with Crippen molar-refractivity contribution >= 4 is 3.21 Å². The molecule has 4 aromatic carbocycles. The summed E-state index contributed by atoms with van der Waals surface area (Å²) in [5.74, 6) is 0.437. The topological polar surface area (TPSA) is 0 Å². The van der Waals surface area contributed by atoms with E-state index in [-0.39, 0.29) is 46.5 Å². The fourth-order valence-electron chi connectivity index (χ4n) is 8.26. The fraction of sp³-hybridized carbons (Fsp3) is 0.420. The Morgan fingerprint density at radius 2 is 0.830 bits per heavy atom. The first-order valence-corrected chi connectivity index (χ1v) is 23.1. The number of rotatable bonds is 4. The maximum atomic E-state index is 2.56. The molecule has 0 nitrogen and oxygen atoms in total. The minimum Gasteiger partial charge on any atom is -1.00 e. The molecule has 6 rings (SSSR count). The number of halogens is 2. The second-order valence-corrected chi connectivity index (χ2v) is 25.7. The van der Waals surface area contributed by atoms with Crippen LogP contribution >= 0.6 is 0 Å². The Hall–Kier alpha value is -2.31. The fourth-order valence-corrected chi connectivity index (χ4v) is 18.4. The summed E-state index contributed by atoms with van der Waals surface area (Å²) >= 11 is -2.92. The van der Waals surface area contributed by atoms with Gasteiger partial charge in [0.25, 0.3) is 0 Å². The molecule has 3 heteroatoms. The molecular formula is C50H62Cl2Zr. The van der Waals surface area contributed by atoms with E-state index in [1.165, 1.54) is 50.1 Å². The van der Waals surface area contributed by atoms with Crippen molar-refractivity contribution in [1.29, 1.82) is 0 Å². The van der Waals surface area contributed by atoms with Gasteiger partial charge in [-0.2, -0.15) is 0 Å². The molecule has 0 amide bonds. The van der Waals surface area contributed by atoms with Crippen molar-refractivity contribution < 1.29 is 46.1 Å². The summed E-state index contributed by atoms with van der Waals surface area (Å²) in [7, 11) is 0. The third-order valence-electron chi connectivity index (χ3n) is 11.6. The Bertz CT molecular complexity index is 1950. The Morgan fingerprint density at radius 1 is 0.491 bits per heavy atom. The van der Waals surface area contributed by atoms with Crippen LogP contribution in [0.4, 0.5) is 0 Å². The number of hydrogen-bond donors (Lipinski definition) is 0. The van der Waals surface area contributed by atoms with Crippen molar-refractivity contribution in [2.75, 3.05) is 0 Å². The van der Waals surface area contributed by atoms with E-state index in [0.717, 1.165) is 0 Å². The van der Waals surface area contributed by atoms with E-state index in [0.29, 0.717) is 9.54 Å². The summed E-state index contributed by atoms with van der Waals surface area (Å²) < 4.78 is 3.77. The molecule has 1 atom stereocenters. The molecule has 280 valence electrons. The average molecular weight is 825 g/mol. The standard InChI is InChI=1S/C21H25.C21H26.C8H11.2ClH.Zr/c1-20(2,3)16-9-7-14-11-15-8-10-17(21(4,5)6)13-19(15)18(14)12-16;1-20(2,3)18-11-7-16(8-12-18)15-17-9-13-19(14-10-17)21(4,5)6;1-6-4-7(2)8(3)5-6;;;/h7-13H,1-6H3;7-14H,1-6H3;4,6H,1-3H3;2*1H;/q;;;;;+2/p-2. The quantitative estimate of drug-likeness (QED) is 0.198. The molecule has 1 unspecified atom stereocenters. The molecule has 0 radical (unpaired) electrons. The molecule has 0 N–H and O–H groups in total. The molecule has 2 aliphatic carbocycles. The average Bonchev–Trinajstić information content (AvgIpc) is 3.49. The number of benzene rings is 4. The van der Waals surface area contributed by atoms with Gasteiger partial charge in [0, 0.05) is 0 Å². The molecule has 0 aromatic heterocycles. The zero-order valence-corrected chi connectivity index (χ0v) is 39.0. The Morgan fingerprint density at radius 3 is 1.13 bits per heavy atom. The summed E-state index contributed by atoms with van der Waals surface area (Å²) in [6.07, 6.45) is 2.55. The van der Waals surface area contributed by atoms with Crippen LogP contribution in [0.1, 0.15) is 152 Å².